The molecular weight excluding hydrogens is 268 g/mol. The van der Waals surface area contributed by atoms with E-state index in [1.165, 1.54) is 5.69 Å². The third kappa shape index (κ3) is 2.47. The first-order chi connectivity index (χ1) is 9.80. The van der Waals surface area contributed by atoms with E-state index < -0.39 is 0 Å². The highest BCUT2D eigenvalue weighted by Crippen LogP contribution is 2.26. The Bertz CT molecular complexity index is 690. The Morgan fingerprint density at radius 3 is 2.90 bits per heavy atom. The summed E-state index contributed by atoms with van der Waals surface area (Å²) in [4.78, 5) is 9.18. The maximum absolute atomic E-state index is 5.43. The smallest absolute Gasteiger partial charge is 0.146 e. The van der Waals surface area contributed by atoms with Crippen molar-refractivity contribution in [2.45, 2.75) is 13.3 Å². The molecule has 2 aromatic heterocycles. The van der Waals surface area contributed by atoms with Gasteiger partial charge in [-0.15, -0.1) is 11.3 Å². The van der Waals surface area contributed by atoms with Crippen LogP contribution in [0.1, 0.15) is 23.2 Å². The highest BCUT2D eigenvalue weighted by Gasteiger charge is 2.17. The van der Waals surface area contributed by atoms with Crippen molar-refractivity contribution in [3.63, 3.8) is 0 Å². The van der Waals surface area contributed by atoms with Crippen molar-refractivity contribution in [1.82, 2.24) is 4.98 Å². The standard InChI is InChI=1S/C16H16N2OS/c1-3-11-6-7-12(17-11)9-13-15(19-2)10-14(18-13)16-5-4-8-20-16/h4-10,17H,3H2,1-2H3/b13-9+. The number of H-pyrrole nitrogens is 1. The molecule has 1 aliphatic heterocycles. The van der Waals surface area contributed by atoms with Gasteiger partial charge < -0.3 is 9.72 Å². The molecule has 0 fully saturated rings. The van der Waals surface area contributed by atoms with Gasteiger partial charge in [0.05, 0.1) is 17.7 Å². The average molecular weight is 284 g/mol. The second kappa shape index (κ2) is 5.51. The number of hydrogen-bond donors (Lipinski definition) is 1. The summed E-state index contributed by atoms with van der Waals surface area (Å²) in [5, 5.41) is 2.05. The highest BCUT2D eigenvalue weighted by atomic mass is 32.1. The van der Waals surface area contributed by atoms with Crippen LogP contribution in [0.15, 0.2) is 52.2 Å². The molecule has 0 saturated heterocycles. The van der Waals surface area contributed by atoms with Crippen LogP contribution in [0, 0.1) is 0 Å². The third-order valence-corrected chi connectivity index (χ3v) is 4.09. The first kappa shape index (κ1) is 12.9. The predicted molar refractivity (Wildman–Crippen MR) is 84.1 cm³/mol. The van der Waals surface area contributed by atoms with Gasteiger partial charge >= 0.3 is 0 Å². The summed E-state index contributed by atoms with van der Waals surface area (Å²) in [6.07, 6.45) is 5.01. The van der Waals surface area contributed by atoms with Crippen molar-refractivity contribution in [3.8, 4) is 0 Å². The Labute approximate surface area is 122 Å². The van der Waals surface area contributed by atoms with Crippen molar-refractivity contribution >= 4 is 23.1 Å². The highest BCUT2D eigenvalue weighted by molar-refractivity contribution is 7.12. The van der Waals surface area contributed by atoms with Crippen molar-refractivity contribution < 1.29 is 4.74 Å². The molecule has 3 heterocycles. The van der Waals surface area contributed by atoms with Gasteiger partial charge in [0.15, 0.2) is 0 Å². The Balaban J connectivity index is 1.94. The van der Waals surface area contributed by atoms with E-state index in [9.17, 15) is 0 Å². The number of allylic oxidation sites excluding steroid dienone is 1. The number of aryl methyl sites for hydroxylation is 1. The zero-order valence-electron chi connectivity index (χ0n) is 11.5. The van der Waals surface area contributed by atoms with Gasteiger partial charge in [-0.3, -0.25) is 0 Å². The van der Waals surface area contributed by atoms with E-state index in [1.54, 1.807) is 18.4 Å². The summed E-state index contributed by atoms with van der Waals surface area (Å²) < 4.78 is 5.43. The maximum atomic E-state index is 5.43. The maximum Gasteiger partial charge on any atom is 0.146 e. The summed E-state index contributed by atoms with van der Waals surface area (Å²) in [5.74, 6) is 0.807. The molecule has 0 unspecified atom stereocenters. The van der Waals surface area contributed by atoms with Gasteiger partial charge in [0, 0.05) is 17.5 Å². The molecule has 20 heavy (non-hydrogen) atoms. The molecule has 0 atom stereocenters. The number of aliphatic imine (C=N–C) groups is 1. The number of aromatic nitrogens is 1. The van der Waals surface area contributed by atoms with Crippen LogP contribution in [0.4, 0.5) is 0 Å². The fourth-order valence-electron chi connectivity index (χ4n) is 2.13. The Kier molecular flexibility index (Phi) is 3.56. The summed E-state index contributed by atoms with van der Waals surface area (Å²) in [7, 11) is 1.68. The lowest BCUT2D eigenvalue weighted by Crippen LogP contribution is -1.88. The summed E-state index contributed by atoms with van der Waals surface area (Å²) in [6, 6.07) is 8.27. The molecule has 1 aliphatic rings. The number of nitrogens with one attached hydrogen (secondary N) is 1. The number of aromatic amines is 1. The van der Waals surface area contributed by atoms with Crippen LogP contribution in [-0.2, 0) is 11.2 Å². The molecule has 4 heteroatoms. The number of thiophene rings is 1. The van der Waals surface area contributed by atoms with Crippen molar-refractivity contribution in [1.29, 1.82) is 0 Å². The van der Waals surface area contributed by atoms with E-state index >= 15 is 0 Å². The molecule has 3 rings (SSSR count). The Morgan fingerprint density at radius 2 is 2.25 bits per heavy atom. The third-order valence-electron chi connectivity index (χ3n) is 3.20. The summed E-state index contributed by atoms with van der Waals surface area (Å²) >= 11 is 1.68. The van der Waals surface area contributed by atoms with Gasteiger partial charge in [-0.1, -0.05) is 13.0 Å². The van der Waals surface area contributed by atoms with Gasteiger partial charge in [0.1, 0.15) is 11.5 Å². The number of ether oxygens (including phenoxy) is 1. The van der Waals surface area contributed by atoms with E-state index in [4.69, 9.17) is 4.74 Å². The Hall–Kier alpha value is -2.07. The zero-order valence-corrected chi connectivity index (χ0v) is 12.3. The van der Waals surface area contributed by atoms with Gasteiger partial charge in [0.25, 0.3) is 0 Å². The van der Waals surface area contributed by atoms with E-state index in [-0.39, 0.29) is 0 Å². The number of methoxy groups -OCH3 is 1. The number of rotatable bonds is 4. The molecule has 0 aliphatic carbocycles. The van der Waals surface area contributed by atoms with Gasteiger partial charge in [-0.2, -0.15) is 0 Å². The average Bonchev–Trinajstić information content (AvgIpc) is 3.19. The number of hydrogen-bond acceptors (Lipinski definition) is 3. The monoisotopic (exact) mass is 284 g/mol. The molecular formula is C16H16N2OS. The summed E-state index contributed by atoms with van der Waals surface area (Å²) in [6.45, 7) is 2.13. The second-order valence-electron chi connectivity index (χ2n) is 4.51. The lowest BCUT2D eigenvalue weighted by molar-refractivity contribution is 0.303. The van der Waals surface area contributed by atoms with Crippen LogP contribution in [0.5, 0.6) is 0 Å². The minimum atomic E-state index is 0.807. The molecule has 0 aromatic carbocycles. The first-order valence-corrected chi connectivity index (χ1v) is 7.46. The second-order valence-corrected chi connectivity index (χ2v) is 5.46. The topological polar surface area (TPSA) is 37.4 Å². The molecule has 1 N–H and O–H groups in total. The molecule has 0 saturated carbocycles. The number of nitrogens with zero attached hydrogens (tertiary/aromatic N) is 1. The van der Waals surface area contributed by atoms with Crippen molar-refractivity contribution in [2.24, 2.45) is 4.99 Å². The van der Waals surface area contributed by atoms with Crippen LogP contribution < -0.4 is 0 Å². The fourth-order valence-corrected chi connectivity index (χ4v) is 2.82. The van der Waals surface area contributed by atoms with Crippen molar-refractivity contribution in [2.75, 3.05) is 7.11 Å². The van der Waals surface area contributed by atoms with Crippen LogP contribution in [0.3, 0.4) is 0 Å². The quantitative estimate of drug-likeness (QED) is 0.905. The molecule has 3 nitrogen and oxygen atoms in total. The minimum absolute atomic E-state index is 0.807. The summed E-state index contributed by atoms with van der Waals surface area (Å²) in [5.41, 5.74) is 4.10. The predicted octanol–water partition coefficient (Wildman–Crippen LogP) is 4.01. The van der Waals surface area contributed by atoms with Crippen LogP contribution in [0.2, 0.25) is 0 Å². The lowest BCUT2D eigenvalue weighted by Gasteiger charge is -2.00. The molecule has 2 aromatic rings. The van der Waals surface area contributed by atoms with E-state index in [2.05, 4.69) is 40.5 Å². The molecule has 0 amide bonds. The Morgan fingerprint density at radius 1 is 1.35 bits per heavy atom. The fraction of sp³-hybridized carbons (Fsp3) is 0.188. The lowest BCUT2D eigenvalue weighted by atomic mass is 10.2. The normalized spacial score (nSPS) is 16.4. The van der Waals surface area contributed by atoms with Gasteiger partial charge in [0.2, 0.25) is 0 Å². The van der Waals surface area contributed by atoms with E-state index in [1.807, 2.05) is 18.2 Å². The van der Waals surface area contributed by atoms with E-state index in [0.717, 1.165) is 34.2 Å². The molecule has 0 spiro atoms. The molecule has 0 radical (unpaired) electrons. The molecule has 0 bridgehead atoms. The van der Waals surface area contributed by atoms with Crippen LogP contribution in [-0.4, -0.2) is 17.8 Å². The zero-order chi connectivity index (χ0) is 13.9. The van der Waals surface area contributed by atoms with E-state index in [0.29, 0.717) is 0 Å². The molecule has 102 valence electrons. The van der Waals surface area contributed by atoms with Gasteiger partial charge in [-0.05, 0) is 36.1 Å². The van der Waals surface area contributed by atoms with Crippen LogP contribution in [0.25, 0.3) is 6.08 Å². The largest absolute Gasteiger partial charge is 0.494 e. The SMILES string of the molecule is CCc1ccc(/C=C2/N=C(c3cccs3)C=C2OC)[nH]1. The minimum Gasteiger partial charge on any atom is -0.494 e. The van der Waals surface area contributed by atoms with Crippen molar-refractivity contribution in [3.05, 3.63) is 63.4 Å². The first-order valence-electron chi connectivity index (χ1n) is 6.58. The van der Waals surface area contributed by atoms with Crippen LogP contribution >= 0.6 is 11.3 Å². The van der Waals surface area contributed by atoms with Gasteiger partial charge in [-0.25, -0.2) is 4.99 Å².